The fourth-order valence-electron chi connectivity index (χ4n) is 1.23. The van der Waals surface area contributed by atoms with Crippen LogP contribution in [-0.2, 0) is 11.3 Å². The van der Waals surface area contributed by atoms with Crippen molar-refractivity contribution in [2.45, 2.75) is 45.9 Å². The van der Waals surface area contributed by atoms with Gasteiger partial charge in [-0.1, -0.05) is 0 Å². The van der Waals surface area contributed by atoms with E-state index < -0.39 is 6.10 Å². The molecule has 0 spiro atoms. The Hall–Kier alpha value is -0.490. The van der Waals surface area contributed by atoms with Gasteiger partial charge in [-0.2, -0.15) is 0 Å². The number of hydrogen-bond acceptors (Lipinski definition) is 5. The van der Waals surface area contributed by atoms with Crippen molar-refractivity contribution in [3.63, 3.8) is 0 Å². The molecule has 0 aliphatic heterocycles. The molecular weight excluding hydrogens is 236 g/mol. The van der Waals surface area contributed by atoms with E-state index in [4.69, 9.17) is 4.74 Å². The molecule has 1 heterocycles. The van der Waals surface area contributed by atoms with Gasteiger partial charge in [-0.05, 0) is 27.7 Å². The van der Waals surface area contributed by atoms with Crippen LogP contribution in [0.4, 0.5) is 0 Å². The smallest absolute Gasteiger partial charge is 0.107 e. The molecule has 98 valence electrons. The van der Waals surface area contributed by atoms with Gasteiger partial charge in [0.05, 0.1) is 18.3 Å². The molecule has 0 amide bonds. The second kappa shape index (κ2) is 6.44. The minimum absolute atomic E-state index is 0.201. The largest absolute Gasteiger partial charge is 0.389 e. The third kappa shape index (κ3) is 6.73. The van der Waals surface area contributed by atoms with Gasteiger partial charge in [0.1, 0.15) is 5.01 Å². The first-order valence-electron chi connectivity index (χ1n) is 5.80. The van der Waals surface area contributed by atoms with E-state index in [9.17, 15) is 5.11 Å². The highest BCUT2D eigenvalue weighted by atomic mass is 32.1. The van der Waals surface area contributed by atoms with Crippen molar-refractivity contribution in [1.82, 2.24) is 10.3 Å². The van der Waals surface area contributed by atoms with Crippen LogP contribution in [0.2, 0.25) is 0 Å². The van der Waals surface area contributed by atoms with Gasteiger partial charge in [0, 0.05) is 24.2 Å². The van der Waals surface area contributed by atoms with Crippen LogP contribution in [0.15, 0.2) is 5.38 Å². The molecule has 5 heteroatoms. The van der Waals surface area contributed by atoms with Gasteiger partial charge in [-0.3, -0.25) is 0 Å². The highest BCUT2D eigenvalue weighted by Gasteiger charge is 2.13. The van der Waals surface area contributed by atoms with E-state index >= 15 is 0 Å². The Morgan fingerprint density at radius 3 is 2.76 bits per heavy atom. The van der Waals surface area contributed by atoms with Crippen molar-refractivity contribution in [1.29, 1.82) is 0 Å². The first kappa shape index (κ1) is 14.6. The van der Waals surface area contributed by atoms with Crippen molar-refractivity contribution in [2.24, 2.45) is 0 Å². The van der Waals surface area contributed by atoms with Crippen LogP contribution in [0.5, 0.6) is 0 Å². The average molecular weight is 258 g/mol. The van der Waals surface area contributed by atoms with Crippen LogP contribution in [0.25, 0.3) is 0 Å². The number of rotatable bonds is 6. The summed E-state index contributed by atoms with van der Waals surface area (Å²) in [6, 6.07) is 0. The van der Waals surface area contributed by atoms with Crippen LogP contribution < -0.4 is 5.32 Å². The summed E-state index contributed by atoms with van der Waals surface area (Å²) in [4.78, 5) is 4.34. The van der Waals surface area contributed by atoms with Gasteiger partial charge >= 0.3 is 0 Å². The highest BCUT2D eigenvalue weighted by molar-refractivity contribution is 7.09. The van der Waals surface area contributed by atoms with Gasteiger partial charge in [-0.15, -0.1) is 11.3 Å². The number of nitrogens with zero attached hydrogens (tertiary/aromatic N) is 1. The van der Waals surface area contributed by atoms with E-state index in [0.717, 1.165) is 10.7 Å². The summed E-state index contributed by atoms with van der Waals surface area (Å²) >= 11 is 1.63. The fourth-order valence-corrected chi connectivity index (χ4v) is 1.98. The van der Waals surface area contributed by atoms with Gasteiger partial charge in [-0.25, -0.2) is 4.98 Å². The lowest BCUT2D eigenvalue weighted by atomic mass is 10.2. The third-order valence-corrected chi connectivity index (χ3v) is 3.00. The molecule has 0 radical (unpaired) electrons. The molecule has 1 rings (SSSR count). The van der Waals surface area contributed by atoms with E-state index in [0.29, 0.717) is 19.7 Å². The molecule has 1 aromatic heterocycles. The quantitative estimate of drug-likeness (QED) is 0.816. The lowest BCUT2D eigenvalue weighted by molar-refractivity contribution is -0.0479. The number of ether oxygens (including phenoxy) is 1. The summed E-state index contributed by atoms with van der Waals surface area (Å²) in [6.07, 6.45) is -0.477. The first-order valence-corrected chi connectivity index (χ1v) is 6.68. The molecule has 1 atom stereocenters. The summed E-state index contributed by atoms with van der Waals surface area (Å²) in [5.41, 5.74) is 0.844. The fraction of sp³-hybridized carbons (Fsp3) is 0.750. The molecule has 2 N–H and O–H groups in total. The Balaban J connectivity index is 2.14. The maximum atomic E-state index is 9.69. The molecule has 0 aromatic carbocycles. The van der Waals surface area contributed by atoms with Crippen molar-refractivity contribution in [2.75, 3.05) is 13.2 Å². The summed E-state index contributed by atoms with van der Waals surface area (Å²) in [6.45, 7) is 9.49. The SMILES string of the molecule is Cc1csc(CNCC(O)COC(C)(C)C)n1. The van der Waals surface area contributed by atoms with E-state index in [1.807, 2.05) is 33.1 Å². The van der Waals surface area contributed by atoms with E-state index in [2.05, 4.69) is 10.3 Å². The molecule has 1 unspecified atom stereocenters. The van der Waals surface area contributed by atoms with Gasteiger partial charge in [0.25, 0.3) is 0 Å². The Morgan fingerprint density at radius 2 is 2.24 bits per heavy atom. The number of aromatic nitrogens is 1. The molecule has 0 bridgehead atoms. The van der Waals surface area contributed by atoms with Crippen molar-refractivity contribution >= 4 is 11.3 Å². The Kier molecular flexibility index (Phi) is 5.52. The maximum absolute atomic E-state index is 9.69. The van der Waals surface area contributed by atoms with Crippen LogP contribution in [0, 0.1) is 6.92 Å². The van der Waals surface area contributed by atoms with E-state index in [1.54, 1.807) is 11.3 Å². The first-order chi connectivity index (χ1) is 7.87. The van der Waals surface area contributed by atoms with Gasteiger partial charge in [0.2, 0.25) is 0 Å². The molecule has 0 saturated carbocycles. The summed E-state index contributed by atoms with van der Waals surface area (Å²) in [5.74, 6) is 0. The number of aryl methyl sites for hydroxylation is 1. The summed E-state index contributed by atoms with van der Waals surface area (Å²) < 4.78 is 5.49. The molecular formula is C12H22N2O2S. The van der Waals surface area contributed by atoms with Crippen LogP contribution >= 0.6 is 11.3 Å². The van der Waals surface area contributed by atoms with E-state index in [1.165, 1.54) is 0 Å². The summed E-state index contributed by atoms with van der Waals surface area (Å²) in [7, 11) is 0. The van der Waals surface area contributed by atoms with Crippen molar-refractivity contribution < 1.29 is 9.84 Å². The number of aliphatic hydroxyl groups is 1. The van der Waals surface area contributed by atoms with E-state index in [-0.39, 0.29) is 5.60 Å². The lowest BCUT2D eigenvalue weighted by Crippen LogP contribution is -2.33. The minimum atomic E-state index is -0.477. The minimum Gasteiger partial charge on any atom is -0.389 e. The predicted molar refractivity (Wildman–Crippen MR) is 70.3 cm³/mol. The Labute approximate surface area is 107 Å². The Morgan fingerprint density at radius 1 is 1.53 bits per heavy atom. The van der Waals surface area contributed by atoms with Gasteiger partial charge < -0.3 is 15.2 Å². The average Bonchev–Trinajstić information content (AvgIpc) is 2.60. The normalized spacial score (nSPS) is 13.9. The molecule has 0 aliphatic rings. The maximum Gasteiger partial charge on any atom is 0.107 e. The number of thiazole rings is 1. The number of nitrogens with one attached hydrogen (secondary N) is 1. The van der Waals surface area contributed by atoms with Crippen LogP contribution in [0.1, 0.15) is 31.5 Å². The highest BCUT2D eigenvalue weighted by Crippen LogP contribution is 2.08. The molecule has 1 aromatic rings. The molecule has 0 saturated heterocycles. The van der Waals surface area contributed by atoms with Crippen LogP contribution in [0.3, 0.4) is 0 Å². The van der Waals surface area contributed by atoms with Crippen LogP contribution in [-0.4, -0.2) is 34.9 Å². The summed E-state index contributed by atoms with van der Waals surface area (Å²) in [5, 5.41) is 15.9. The molecule has 4 nitrogen and oxygen atoms in total. The zero-order valence-corrected chi connectivity index (χ0v) is 11.8. The molecule has 0 aliphatic carbocycles. The number of hydrogen-bond donors (Lipinski definition) is 2. The van der Waals surface area contributed by atoms with Gasteiger partial charge in [0.15, 0.2) is 0 Å². The third-order valence-electron chi connectivity index (χ3n) is 2.03. The van der Waals surface area contributed by atoms with Crippen molar-refractivity contribution in [3.8, 4) is 0 Å². The predicted octanol–water partition coefficient (Wildman–Crippen LogP) is 1.72. The Bertz CT molecular complexity index is 333. The zero-order chi connectivity index (χ0) is 12.9. The topological polar surface area (TPSA) is 54.4 Å². The zero-order valence-electron chi connectivity index (χ0n) is 11.0. The standard InChI is InChI=1S/C12H22N2O2S/c1-9-8-17-11(14-9)6-13-5-10(15)7-16-12(2,3)4/h8,10,13,15H,5-7H2,1-4H3. The second-order valence-electron chi connectivity index (χ2n) is 5.09. The lowest BCUT2D eigenvalue weighted by Gasteiger charge is -2.22. The molecule has 17 heavy (non-hydrogen) atoms. The monoisotopic (exact) mass is 258 g/mol. The van der Waals surface area contributed by atoms with Crippen molar-refractivity contribution in [3.05, 3.63) is 16.1 Å². The number of aliphatic hydroxyl groups excluding tert-OH is 1. The molecule has 0 fully saturated rings. The second-order valence-corrected chi connectivity index (χ2v) is 6.03.